The lowest BCUT2D eigenvalue weighted by molar-refractivity contribution is 0.172. The van der Waals surface area contributed by atoms with Crippen molar-refractivity contribution in [2.24, 2.45) is 0 Å². The third-order valence-corrected chi connectivity index (χ3v) is 4.14. The molecule has 1 aromatic heterocycles. The summed E-state index contributed by atoms with van der Waals surface area (Å²) >= 11 is 3.39. The van der Waals surface area contributed by atoms with Crippen LogP contribution < -0.4 is 15.2 Å². The van der Waals surface area contributed by atoms with Crippen molar-refractivity contribution in [3.05, 3.63) is 34.8 Å². The van der Waals surface area contributed by atoms with E-state index in [0.29, 0.717) is 18.9 Å². The zero-order chi connectivity index (χ0) is 14.4. The molecule has 2 heterocycles. The lowest BCUT2D eigenvalue weighted by Crippen LogP contribution is -2.15. The van der Waals surface area contributed by atoms with Gasteiger partial charge in [-0.05, 0) is 34.1 Å². The van der Waals surface area contributed by atoms with E-state index in [4.69, 9.17) is 15.2 Å². The van der Waals surface area contributed by atoms with Gasteiger partial charge in [0.25, 0.3) is 0 Å². The van der Waals surface area contributed by atoms with Crippen LogP contribution in [-0.2, 0) is 0 Å². The van der Waals surface area contributed by atoms with Gasteiger partial charge in [-0.15, -0.1) is 0 Å². The molecule has 0 unspecified atom stereocenters. The minimum Gasteiger partial charge on any atom is -0.486 e. The van der Waals surface area contributed by atoms with E-state index in [1.165, 1.54) is 0 Å². The summed E-state index contributed by atoms with van der Waals surface area (Å²) in [6, 6.07) is 9.57. The maximum absolute atomic E-state index is 5.92. The number of fused-ring (bicyclic) bond motifs is 2. The Kier molecular flexibility index (Phi) is 2.78. The molecule has 0 saturated heterocycles. The fourth-order valence-electron chi connectivity index (χ4n) is 2.37. The van der Waals surface area contributed by atoms with E-state index >= 15 is 0 Å². The van der Waals surface area contributed by atoms with Crippen LogP contribution in [0.2, 0.25) is 0 Å². The van der Waals surface area contributed by atoms with Crippen LogP contribution in [-0.4, -0.2) is 23.2 Å². The molecule has 0 aliphatic carbocycles. The number of nitrogens with two attached hydrogens (primary N) is 1. The first kappa shape index (κ1) is 12.5. The van der Waals surface area contributed by atoms with Gasteiger partial charge in [0, 0.05) is 27.9 Å². The highest BCUT2D eigenvalue weighted by Gasteiger charge is 2.15. The number of nitrogen functional groups attached to an aromatic ring is 1. The lowest BCUT2D eigenvalue weighted by Gasteiger charge is -2.17. The first-order valence-electron chi connectivity index (χ1n) is 6.55. The van der Waals surface area contributed by atoms with Crippen molar-refractivity contribution >= 4 is 32.7 Å². The molecule has 0 atom stereocenters. The lowest BCUT2D eigenvalue weighted by atomic mass is 10.2. The average molecular weight is 346 g/mol. The second-order valence-electron chi connectivity index (χ2n) is 4.83. The number of benzene rings is 2. The minimum atomic E-state index is 0.568. The highest BCUT2D eigenvalue weighted by atomic mass is 79.9. The van der Waals surface area contributed by atoms with Crippen LogP contribution in [0, 0.1) is 0 Å². The van der Waals surface area contributed by atoms with Crippen molar-refractivity contribution in [3.8, 4) is 22.9 Å². The van der Waals surface area contributed by atoms with Crippen LogP contribution in [0.3, 0.4) is 0 Å². The molecule has 106 valence electrons. The van der Waals surface area contributed by atoms with Gasteiger partial charge in [-0.3, -0.25) is 0 Å². The molecule has 1 aliphatic heterocycles. The summed E-state index contributed by atoms with van der Waals surface area (Å²) in [4.78, 5) is 7.89. The van der Waals surface area contributed by atoms with E-state index in [9.17, 15) is 0 Å². The summed E-state index contributed by atoms with van der Waals surface area (Å²) in [7, 11) is 0. The predicted molar refractivity (Wildman–Crippen MR) is 84.6 cm³/mol. The van der Waals surface area contributed by atoms with Crippen LogP contribution in [0.15, 0.2) is 34.8 Å². The quantitative estimate of drug-likeness (QED) is 0.663. The van der Waals surface area contributed by atoms with Crippen molar-refractivity contribution < 1.29 is 9.47 Å². The largest absolute Gasteiger partial charge is 0.486 e. The van der Waals surface area contributed by atoms with Gasteiger partial charge in [0.1, 0.15) is 19.0 Å². The first-order valence-corrected chi connectivity index (χ1v) is 7.35. The topological polar surface area (TPSA) is 73.2 Å². The van der Waals surface area contributed by atoms with Crippen molar-refractivity contribution in [2.45, 2.75) is 0 Å². The number of aromatic nitrogens is 2. The second-order valence-corrected chi connectivity index (χ2v) is 5.69. The van der Waals surface area contributed by atoms with Crippen molar-refractivity contribution in [2.75, 3.05) is 18.9 Å². The standard InChI is InChI=1S/C15H12BrN3O2/c16-9-2-1-8(5-10(9)17)15-18-11-6-13-14(7-12(11)19-15)21-4-3-20-13/h1-2,5-7H,3-4,17H2,(H,18,19). The molecule has 0 bridgehead atoms. The Morgan fingerprint density at radius 3 is 2.62 bits per heavy atom. The van der Waals surface area contributed by atoms with E-state index < -0.39 is 0 Å². The number of anilines is 1. The van der Waals surface area contributed by atoms with E-state index in [1.807, 2.05) is 30.3 Å². The van der Waals surface area contributed by atoms with Crippen molar-refractivity contribution in [1.82, 2.24) is 9.97 Å². The van der Waals surface area contributed by atoms with Crippen LogP contribution >= 0.6 is 15.9 Å². The van der Waals surface area contributed by atoms with Gasteiger partial charge in [-0.25, -0.2) is 4.98 Å². The summed E-state index contributed by atoms with van der Waals surface area (Å²) in [6.45, 7) is 1.14. The molecule has 0 amide bonds. The molecular formula is C15H12BrN3O2. The van der Waals surface area contributed by atoms with Gasteiger partial charge in [0.05, 0.1) is 11.0 Å². The number of ether oxygens (including phenoxy) is 2. The van der Waals surface area contributed by atoms with Crippen molar-refractivity contribution in [1.29, 1.82) is 0 Å². The van der Waals surface area contributed by atoms with Gasteiger partial charge < -0.3 is 20.2 Å². The Labute approximate surface area is 129 Å². The van der Waals surface area contributed by atoms with Gasteiger partial charge in [-0.1, -0.05) is 0 Å². The number of nitrogens with one attached hydrogen (secondary N) is 1. The molecule has 21 heavy (non-hydrogen) atoms. The second kappa shape index (κ2) is 4.66. The summed E-state index contributed by atoms with van der Waals surface area (Å²) in [5.74, 6) is 2.26. The van der Waals surface area contributed by atoms with Crippen LogP contribution in [0.5, 0.6) is 11.5 Å². The maximum Gasteiger partial charge on any atom is 0.163 e. The fourth-order valence-corrected chi connectivity index (χ4v) is 2.62. The first-order chi connectivity index (χ1) is 10.2. The molecule has 1 aliphatic rings. The summed E-state index contributed by atoms with van der Waals surface area (Å²) in [6.07, 6.45) is 0. The number of halogens is 1. The summed E-state index contributed by atoms with van der Waals surface area (Å²) in [5, 5.41) is 0. The molecule has 3 aromatic rings. The predicted octanol–water partition coefficient (Wildman–Crippen LogP) is 3.35. The maximum atomic E-state index is 5.92. The van der Waals surface area contributed by atoms with E-state index in [2.05, 4.69) is 25.9 Å². The molecule has 4 rings (SSSR count). The van der Waals surface area contributed by atoms with E-state index in [1.54, 1.807) is 0 Å². The zero-order valence-electron chi connectivity index (χ0n) is 11.0. The monoisotopic (exact) mass is 345 g/mol. The Morgan fingerprint density at radius 1 is 1.10 bits per heavy atom. The number of aromatic amines is 1. The van der Waals surface area contributed by atoms with Crippen LogP contribution in [0.1, 0.15) is 0 Å². The van der Waals surface area contributed by atoms with Crippen molar-refractivity contribution in [3.63, 3.8) is 0 Å². The number of hydrogen-bond acceptors (Lipinski definition) is 4. The zero-order valence-corrected chi connectivity index (χ0v) is 12.6. The summed E-state index contributed by atoms with van der Waals surface area (Å²) in [5.41, 5.74) is 9.30. The summed E-state index contributed by atoms with van der Waals surface area (Å²) < 4.78 is 12.0. The van der Waals surface area contributed by atoms with E-state index in [-0.39, 0.29) is 0 Å². The Morgan fingerprint density at radius 2 is 1.86 bits per heavy atom. The third-order valence-electron chi connectivity index (χ3n) is 3.42. The van der Waals surface area contributed by atoms with E-state index in [0.717, 1.165) is 38.4 Å². The van der Waals surface area contributed by atoms with Gasteiger partial charge in [-0.2, -0.15) is 0 Å². The average Bonchev–Trinajstić information content (AvgIpc) is 2.90. The SMILES string of the molecule is Nc1cc(-c2nc3cc4c(cc3[nH]2)OCCO4)ccc1Br. The highest BCUT2D eigenvalue weighted by molar-refractivity contribution is 9.10. The third kappa shape index (κ3) is 2.12. The fraction of sp³-hybridized carbons (Fsp3) is 0.133. The molecule has 0 fully saturated rings. The Bertz CT molecular complexity index is 801. The molecule has 2 aromatic carbocycles. The molecular weight excluding hydrogens is 334 g/mol. The molecule has 5 nitrogen and oxygen atoms in total. The van der Waals surface area contributed by atoms with Crippen LogP contribution in [0.25, 0.3) is 22.4 Å². The smallest absolute Gasteiger partial charge is 0.163 e. The van der Waals surface area contributed by atoms with Crippen LogP contribution in [0.4, 0.5) is 5.69 Å². The molecule has 6 heteroatoms. The molecule has 0 saturated carbocycles. The minimum absolute atomic E-state index is 0.568. The number of imidazole rings is 1. The normalized spacial score (nSPS) is 13.6. The number of nitrogens with zero attached hydrogens (tertiary/aromatic N) is 1. The number of hydrogen-bond donors (Lipinski definition) is 2. The van der Waals surface area contributed by atoms with Gasteiger partial charge in [0.2, 0.25) is 0 Å². The van der Waals surface area contributed by atoms with Gasteiger partial charge in [0.15, 0.2) is 11.5 Å². The number of H-pyrrole nitrogens is 1. The highest BCUT2D eigenvalue weighted by Crippen LogP contribution is 2.35. The molecule has 0 radical (unpaired) electrons. The Hall–Kier alpha value is -2.21. The van der Waals surface area contributed by atoms with Gasteiger partial charge >= 0.3 is 0 Å². The molecule has 0 spiro atoms. The number of rotatable bonds is 1. The Balaban J connectivity index is 1.84. The molecule has 3 N–H and O–H groups in total.